The molecule has 0 unspecified atom stereocenters. The number of rotatable bonds is 9. The lowest BCUT2D eigenvalue weighted by Crippen LogP contribution is -2.37. The number of hydrogen-bond acceptors (Lipinski definition) is 9. The summed E-state index contributed by atoms with van der Waals surface area (Å²) in [6.07, 6.45) is 1.64. The van der Waals surface area contributed by atoms with Crippen LogP contribution in [0.3, 0.4) is 0 Å². The zero-order valence-corrected chi connectivity index (χ0v) is 23.3. The van der Waals surface area contributed by atoms with Crippen LogP contribution in [0, 0.1) is 5.92 Å². The van der Waals surface area contributed by atoms with Crippen LogP contribution >= 0.6 is 0 Å². The van der Waals surface area contributed by atoms with Crippen LogP contribution in [0.2, 0.25) is 0 Å². The first-order valence-electron chi connectivity index (χ1n) is 12.0. The van der Waals surface area contributed by atoms with Crippen molar-refractivity contribution in [2.24, 2.45) is 5.92 Å². The summed E-state index contributed by atoms with van der Waals surface area (Å²) in [5.74, 6) is 0.0972. The van der Waals surface area contributed by atoms with Gasteiger partial charge in [-0.05, 0) is 67.3 Å². The van der Waals surface area contributed by atoms with Crippen molar-refractivity contribution in [3.05, 3.63) is 60.2 Å². The van der Waals surface area contributed by atoms with Gasteiger partial charge in [0, 0.05) is 30.4 Å². The molecule has 1 aliphatic rings. The van der Waals surface area contributed by atoms with Crippen LogP contribution in [0.1, 0.15) is 30.1 Å². The normalized spacial score (nSPS) is 14.9. The van der Waals surface area contributed by atoms with E-state index in [2.05, 4.69) is 26.9 Å². The number of sulfonamides is 2. The molecule has 0 saturated carbocycles. The number of carbonyl (C=O) groups is 1. The van der Waals surface area contributed by atoms with Gasteiger partial charge in [0.2, 0.25) is 15.9 Å². The number of carbonyl (C=O) groups excluding carboxylic acids is 1. The van der Waals surface area contributed by atoms with E-state index in [4.69, 9.17) is 9.47 Å². The van der Waals surface area contributed by atoms with Crippen molar-refractivity contribution >= 4 is 37.5 Å². The number of anilines is 2. The lowest BCUT2D eigenvalue weighted by molar-refractivity contribution is 0.102. The van der Waals surface area contributed by atoms with Crippen LogP contribution in [0.5, 0.6) is 11.9 Å². The molecular formula is C25H29N5O7S2. The smallest absolute Gasteiger partial charge is 0.321 e. The molecule has 0 atom stereocenters. The van der Waals surface area contributed by atoms with Crippen molar-refractivity contribution in [1.29, 1.82) is 0 Å². The number of amides is 1. The van der Waals surface area contributed by atoms with Gasteiger partial charge >= 0.3 is 6.01 Å². The predicted molar refractivity (Wildman–Crippen MR) is 144 cm³/mol. The average molecular weight is 576 g/mol. The molecule has 1 saturated heterocycles. The number of piperidine rings is 1. The molecule has 208 valence electrons. The van der Waals surface area contributed by atoms with E-state index in [9.17, 15) is 21.6 Å². The number of benzene rings is 2. The Balaban J connectivity index is 1.42. The van der Waals surface area contributed by atoms with Crippen molar-refractivity contribution in [1.82, 2.24) is 14.3 Å². The highest BCUT2D eigenvalue weighted by Gasteiger charge is 2.28. The molecule has 0 radical (unpaired) electrons. The minimum Gasteiger partial charge on any atom is -0.481 e. The fourth-order valence-corrected chi connectivity index (χ4v) is 6.38. The SMILES string of the molecule is COc1cc(NS(=O)(=O)c2ccc(NC(=O)c3ccc(S(=O)(=O)N4CCC(C)CC4)cc3)cc2)nc(OC)n1. The van der Waals surface area contributed by atoms with E-state index < -0.39 is 26.0 Å². The summed E-state index contributed by atoms with van der Waals surface area (Å²) in [6.45, 7) is 3.07. The number of ether oxygens (including phenoxy) is 2. The summed E-state index contributed by atoms with van der Waals surface area (Å²) in [5, 5.41) is 2.68. The Labute approximate surface area is 227 Å². The molecule has 1 aromatic heterocycles. The molecule has 0 bridgehead atoms. The molecule has 2 N–H and O–H groups in total. The number of aromatic nitrogens is 2. The minimum absolute atomic E-state index is 0.0450. The summed E-state index contributed by atoms with van der Waals surface area (Å²) in [4.78, 5) is 20.6. The molecule has 12 nitrogen and oxygen atoms in total. The first-order valence-corrected chi connectivity index (χ1v) is 15.0. The Hall–Kier alpha value is -3.75. The first kappa shape index (κ1) is 28.3. The van der Waals surface area contributed by atoms with Crippen LogP contribution in [0.4, 0.5) is 11.5 Å². The second kappa shape index (κ2) is 11.6. The molecular weight excluding hydrogens is 546 g/mol. The second-order valence-corrected chi connectivity index (χ2v) is 12.6. The van der Waals surface area contributed by atoms with E-state index in [1.807, 2.05) is 0 Å². The fourth-order valence-electron chi connectivity index (χ4n) is 3.92. The van der Waals surface area contributed by atoms with Crippen LogP contribution in [-0.4, -0.2) is 64.3 Å². The minimum atomic E-state index is -4.02. The molecule has 3 aromatic rings. The van der Waals surface area contributed by atoms with E-state index in [-0.39, 0.29) is 33.1 Å². The summed E-state index contributed by atoms with van der Waals surface area (Å²) in [7, 11) is -4.92. The molecule has 0 spiro atoms. The number of nitrogens with one attached hydrogen (secondary N) is 2. The number of hydrogen-bond donors (Lipinski definition) is 2. The van der Waals surface area contributed by atoms with Gasteiger partial charge in [0.15, 0.2) is 5.82 Å². The van der Waals surface area contributed by atoms with E-state index in [0.717, 1.165) is 12.8 Å². The van der Waals surface area contributed by atoms with Gasteiger partial charge in [0.1, 0.15) is 0 Å². The predicted octanol–water partition coefficient (Wildman–Crippen LogP) is 2.97. The van der Waals surface area contributed by atoms with E-state index in [0.29, 0.717) is 24.7 Å². The third-order valence-corrected chi connectivity index (χ3v) is 9.52. The highest BCUT2D eigenvalue weighted by molar-refractivity contribution is 7.92. The van der Waals surface area contributed by atoms with Crippen LogP contribution < -0.4 is 19.5 Å². The van der Waals surface area contributed by atoms with Gasteiger partial charge in [0.05, 0.1) is 24.0 Å². The van der Waals surface area contributed by atoms with Crippen LogP contribution in [0.15, 0.2) is 64.4 Å². The summed E-state index contributed by atoms with van der Waals surface area (Å²) >= 11 is 0. The zero-order valence-electron chi connectivity index (χ0n) is 21.6. The van der Waals surface area contributed by atoms with E-state index in [1.54, 1.807) is 0 Å². The summed E-state index contributed by atoms with van der Waals surface area (Å²) < 4.78 is 65.2. The lowest BCUT2D eigenvalue weighted by Gasteiger charge is -2.29. The van der Waals surface area contributed by atoms with Gasteiger partial charge < -0.3 is 14.8 Å². The highest BCUT2D eigenvalue weighted by Crippen LogP contribution is 2.25. The van der Waals surface area contributed by atoms with Crippen molar-refractivity contribution in [2.45, 2.75) is 29.6 Å². The summed E-state index contributed by atoms with van der Waals surface area (Å²) in [6, 6.07) is 12.5. The first-order chi connectivity index (χ1) is 18.5. The number of methoxy groups -OCH3 is 2. The van der Waals surface area contributed by atoms with E-state index in [1.165, 1.54) is 73.1 Å². The average Bonchev–Trinajstić information content (AvgIpc) is 2.93. The largest absolute Gasteiger partial charge is 0.481 e. The third-order valence-electron chi connectivity index (χ3n) is 6.23. The van der Waals surface area contributed by atoms with Gasteiger partial charge in [-0.1, -0.05) is 6.92 Å². The summed E-state index contributed by atoms with van der Waals surface area (Å²) in [5.41, 5.74) is 0.606. The Kier molecular flexibility index (Phi) is 8.37. The number of nitrogens with zero attached hydrogens (tertiary/aromatic N) is 3. The van der Waals surface area contributed by atoms with Crippen LogP contribution in [-0.2, 0) is 20.0 Å². The lowest BCUT2D eigenvalue weighted by atomic mass is 10.0. The monoisotopic (exact) mass is 575 g/mol. The van der Waals surface area contributed by atoms with E-state index >= 15 is 0 Å². The van der Waals surface area contributed by atoms with Crippen molar-refractivity contribution in [3.63, 3.8) is 0 Å². The molecule has 2 aromatic carbocycles. The maximum atomic E-state index is 12.9. The van der Waals surface area contributed by atoms with Crippen molar-refractivity contribution < 1.29 is 31.1 Å². The molecule has 39 heavy (non-hydrogen) atoms. The maximum Gasteiger partial charge on any atom is 0.321 e. The fraction of sp³-hybridized carbons (Fsp3) is 0.320. The molecule has 1 aliphatic heterocycles. The van der Waals surface area contributed by atoms with Gasteiger partial charge in [-0.3, -0.25) is 9.52 Å². The van der Waals surface area contributed by atoms with Gasteiger partial charge in [-0.15, -0.1) is 0 Å². The topological polar surface area (TPSA) is 157 Å². The molecule has 2 heterocycles. The van der Waals surface area contributed by atoms with Crippen LogP contribution in [0.25, 0.3) is 0 Å². The second-order valence-electron chi connectivity index (χ2n) is 8.98. The van der Waals surface area contributed by atoms with Gasteiger partial charge in [-0.25, -0.2) is 16.8 Å². The molecule has 14 heteroatoms. The Morgan fingerprint density at radius 1 is 0.897 bits per heavy atom. The standard InChI is InChI=1S/C25H29N5O7S2/c1-17-12-14-30(15-13-17)39(34,35)21-8-4-18(5-9-21)24(31)26-19-6-10-20(11-7-19)38(32,33)29-22-16-23(36-2)28-25(27-22)37-3/h4-11,16-17H,12-15H2,1-3H3,(H,26,31)(H,27,28,29). The molecule has 4 rings (SSSR count). The Morgan fingerprint density at radius 2 is 1.51 bits per heavy atom. The third kappa shape index (κ3) is 6.64. The van der Waals surface area contributed by atoms with Gasteiger partial charge in [-0.2, -0.15) is 14.3 Å². The quantitative estimate of drug-likeness (QED) is 0.391. The molecule has 0 aliphatic carbocycles. The molecule has 1 fully saturated rings. The van der Waals surface area contributed by atoms with Gasteiger partial charge in [0.25, 0.3) is 15.9 Å². The maximum absolute atomic E-state index is 12.9. The Morgan fingerprint density at radius 3 is 2.10 bits per heavy atom. The van der Waals surface area contributed by atoms with Crippen molar-refractivity contribution in [3.8, 4) is 11.9 Å². The highest BCUT2D eigenvalue weighted by atomic mass is 32.2. The zero-order chi connectivity index (χ0) is 28.2. The van der Waals surface area contributed by atoms with Crippen molar-refractivity contribution in [2.75, 3.05) is 37.3 Å². The Bertz CT molecular complexity index is 1510. The molecule has 1 amide bonds.